The van der Waals surface area contributed by atoms with E-state index < -0.39 is 23.3 Å². The van der Waals surface area contributed by atoms with E-state index in [1.165, 1.54) is 19.1 Å². The van der Waals surface area contributed by atoms with Gasteiger partial charge in [-0.15, -0.1) is 0 Å². The molecule has 2 N–H and O–H groups in total. The van der Waals surface area contributed by atoms with Crippen LogP contribution in [0.2, 0.25) is 0 Å². The summed E-state index contributed by atoms with van der Waals surface area (Å²) >= 11 is 0. The highest BCUT2D eigenvalue weighted by Gasteiger charge is 2.35. The first-order valence-corrected chi connectivity index (χ1v) is 5.72. The van der Waals surface area contributed by atoms with Gasteiger partial charge in [-0.05, 0) is 25.3 Å². The van der Waals surface area contributed by atoms with Crippen LogP contribution in [0.5, 0.6) is 0 Å². The third-order valence-electron chi connectivity index (χ3n) is 3.33. The molecule has 0 aliphatic carbocycles. The third kappa shape index (κ3) is 2.48. The lowest BCUT2D eigenvalue weighted by atomic mass is 9.86. The zero-order valence-electron chi connectivity index (χ0n) is 10.3. The monoisotopic (exact) mass is 244 g/mol. The number of aryl methyl sites for hydroxylation is 1. The van der Waals surface area contributed by atoms with E-state index >= 15 is 0 Å². The number of hydrogen-bond acceptors (Lipinski definition) is 2. The van der Waals surface area contributed by atoms with Crippen LogP contribution < -0.4 is 0 Å². The van der Waals surface area contributed by atoms with Crippen molar-refractivity contribution in [2.75, 3.05) is 0 Å². The molecule has 17 heavy (non-hydrogen) atoms. The van der Waals surface area contributed by atoms with Gasteiger partial charge >= 0.3 is 0 Å². The van der Waals surface area contributed by atoms with Crippen LogP contribution in [0.25, 0.3) is 0 Å². The number of hydrogen-bond donors (Lipinski definition) is 2. The predicted molar refractivity (Wildman–Crippen MR) is 61.6 cm³/mol. The first-order chi connectivity index (χ1) is 7.87. The molecule has 96 valence electrons. The number of halogens is 2. The molecule has 0 aliphatic heterocycles. The van der Waals surface area contributed by atoms with Crippen LogP contribution in [0.1, 0.15) is 43.9 Å². The molecule has 4 heteroatoms. The lowest BCUT2D eigenvalue weighted by molar-refractivity contribution is -0.0836. The fourth-order valence-corrected chi connectivity index (χ4v) is 1.80. The van der Waals surface area contributed by atoms with E-state index in [1.807, 2.05) is 0 Å². The molecule has 0 fully saturated rings. The van der Waals surface area contributed by atoms with Crippen LogP contribution in [0.4, 0.5) is 8.78 Å². The van der Waals surface area contributed by atoms with Gasteiger partial charge in [0.25, 0.3) is 0 Å². The van der Waals surface area contributed by atoms with Crippen LogP contribution in [-0.2, 0) is 0 Å². The Labute approximate surface area is 99.9 Å². The van der Waals surface area contributed by atoms with Crippen molar-refractivity contribution in [1.29, 1.82) is 0 Å². The lowest BCUT2D eigenvalue weighted by Gasteiger charge is -2.31. The van der Waals surface area contributed by atoms with E-state index in [0.29, 0.717) is 0 Å². The van der Waals surface area contributed by atoms with Gasteiger partial charge in [0.05, 0.1) is 5.60 Å². The van der Waals surface area contributed by atoms with Crippen molar-refractivity contribution in [2.45, 2.75) is 45.3 Å². The van der Waals surface area contributed by atoms with Crippen LogP contribution in [-0.4, -0.2) is 15.8 Å². The van der Waals surface area contributed by atoms with Gasteiger partial charge in [0, 0.05) is 5.56 Å². The Hall–Kier alpha value is -1.00. The van der Waals surface area contributed by atoms with Crippen molar-refractivity contribution in [1.82, 2.24) is 0 Å². The molecular weight excluding hydrogens is 226 g/mol. The fraction of sp³-hybridized carbons (Fsp3) is 0.538. The summed E-state index contributed by atoms with van der Waals surface area (Å²) in [5, 5.41) is 20.1. The largest absolute Gasteiger partial charge is 0.387 e. The van der Waals surface area contributed by atoms with Crippen LogP contribution in [0, 0.1) is 18.6 Å². The van der Waals surface area contributed by atoms with Crippen molar-refractivity contribution in [2.24, 2.45) is 0 Å². The van der Waals surface area contributed by atoms with E-state index in [-0.39, 0.29) is 24.0 Å². The number of aliphatic hydroxyl groups excluding tert-OH is 1. The second-order valence-electron chi connectivity index (χ2n) is 4.31. The smallest absolute Gasteiger partial charge is 0.164 e. The summed E-state index contributed by atoms with van der Waals surface area (Å²) in [7, 11) is 0. The Balaban J connectivity index is 3.21. The predicted octanol–water partition coefficient (Wildman–Crippen LogP) is 2.86. The van der Waals surface area contributed by atoms with Crippen LogP contribution in [0.3, 0.4) is 0 Å². The van der Waals surface area contributed by atoms with Gasteiger partial charge in [0.2, 0.25) is 0 Å². The molecule has 1 aromatic carbocycles. The van der Waals surface area contributed by atoms with E-state index in [2.05, 4.69) is 0 Å². The van der Waals surface area contributed by atoms with Crippen molar-refractivity contribution < 1.29 is 19.0 Å². The van der Waals surface area contributed by atoms with Gasteiger partial charge in [0.15, 0.2) is 11.6 Å². The molecule has 0 aliphatic rings. The van der Waals surface area contributed by atoms with E-state index in [0.717, 1.165) is 0 Å². The SMILES string of the molecule is CCC(O)(CC)C(O)c1ccc(C)c(F)c1F. The summed E-state index contributed by atoms with van der Waals surface area (Å²) in [4.78, 5) is 0. The molecule has 0 bridgehead atoms. The fourth-order valence-electron chi connectivity index (χ4n) is 1.80. The second-order valence-corrected chi connectivity index (χ2v) is 4.31. The van der Waals surface area contributed by atoms with Gasteiger partial charge < -0.3 is 10.2 Å². The van der Waals surface area contributed by atoms with Gasteiger partial charge in [-0.25, -0.2) is 8.78 Å². The highest BCUT2D eigenvalue weighted by atomic mass is 19.2. The molecule has 1 atom stereocenters. The molecule has 0 saturated heterocycles. The normalized spacial score (nSPS) is 13.8. The molecule has 0 heterocycles. The van der Waals surface area contributed by atoms with Crippen LogP contribution in [0.15, 0.2) is 12.1 Å². The Morgan fingerprint density at radius 2 is 1.71 bits per heavy atom. The lowest BCUT2D eigenvalue weighted by Crippen LogP contribution is -2.35. The topological polar surface area (TPSA) is 40.5 Å². The van der Waals surface area contributed by atoms with Gasteiger partial charge in [-0.2, -0.15) is 0 Å². The molecule has 1 unspecified atom stereocenters. The van der Waals surface area contributed by atoms with Crippen molar-refractivity contribution in [3.63, 3.8) is 0 Å². The minimum atomic E-state index is -1.43. The molecule has 0 saturated carbocycles. The number of aliphatic hydroxyl groups is 2. The molecule has 0 spiro atoms. The highest BCUT2D eigenvalue weighted by molar-refractivity contribution is 5.28. The highest BCUT2D eigenvalue weighted by Crippen LogP contribution is 2.33. The zero-order valence-corrected chi connectivity index (χ0v) is 10.3. The van der Waals surface area contributed by atoms with Crippen molar-refractivity contribution in [3.05, 3.63) is 34.9 Å². The second kappa shape index (κ2) is 5.10. The van der Waals surface area contributed by atoms with Crippen molar-refractivity contribution in [3.8, 4) is 0 Å². The standard InChI is InChI=1S/C13H18F2O2/c1-4-13(17,5-2)12(16)9-7-6-8(3)10(14)11(9)15/h6-7,12,16-17H,4-5H2,1-3H3. The summed E-state index contributed by atoms with van der Waals surface area (Å²) in [6.07, 6.45) is -0.897. The summed E-state index contributed by atoms with van der Waals surface area (Å²) in [5.74, 6) is -2.06. The summed E-state index contributed by atoms with van der Waals surface area (Å²) in [6, 6.07) is 2.71. The van der Waals surface area contributed by atoms with Gasteiger partial charge in [-0.1, -0.05) is 26.0 Å². The Bertz CT molecular complexity index is 401. The molecule has 0 amide bonds. The average Bonchev–Trinajstić information content (AvgIpc) is 2.34. The maximum absolute atomic E-state index is 13.7. The van der Waals surface area contributed by atoms with E-state index in [9.17, 15) is 19.0 Å². The number of benzene rings is 1. The maximum atomic E-state index is 13.7. The molecular formula is C13H18F2O2. The maximum Gasteiger partial charge on any atom is 0.164 e. The first kappa shape index (κ1) is 14.1. The average molecular weight is 244 g/mol. The summed E-state index contributed by atoms with van der Waals surface area (Å²) in [5.41, 5.74) is -1.45. The molecule has 1 rings (SSSR count). The minimum Gasteiger partial charge on any atom is -0.387 e. The number of rotatable bonds is 4. The Kier molecular flexibility index (Phi) is 4.22. The third-order valence-corrected chi connectivity index (χ3v) is 3.33. The quantitative estimate of drug-likeness (QED) is 0.855. The summed E-state index contributed by atoms with van der Waals surface area (Å²) in [6.45, 7) is 4.82. The van der Waals surface area contributed by atoms with Crippen molar-refractivity contribution >= 4 is 0 Å². The molecule has 0 radical (unpaired) electrons. The zero-order chi connectivity index (χ0) is 13.2. The first-order valence-electron chi connectivity index (χ1n) is 5.72. The molecule has 2 nitrogen and oxygen atoms in total. The molecule has 1 aromatic rings. The van der Waals surface area contributed by atoms with Gasteiger partial charge in [-0.3, -0.25) is 0 Å². The molecule has 0 aromatic heterocycles. The van der Waals surface area contributed by atoms with E-state index in [4.69, 9.17) is 0 Å². The Morgan fingerprint density at radius 3 is 2.18 bits per heavy atom. The van der Waals surface area contributed by atoms with Crippen LogP contribution >= 0.6 is 0 Å². The van der Waals surface area contributed by atoms with E-state index in [1.54, 1.807) is 13.8 Å². The Morgan fingerprint density at radius 1 is 1.18 bits per heavy atom. The van der Waals surface area contributed by atoms with Gasteiger partial charge in [0.1, 0.15) is 6.10 Å². The minimum absolute atomic E-state index is 0.176. The summed E-state index contributed by atoms with van der Waals surface area (Å²) < 4.78 is 27.0.